The highest BCUT2D eigenvalue weighted by molar-refractivity contribution is 9.10. The zero-order valence-corrected chi connectivity index (χ0v) is 19.3. The second-order valence-corrected chi connectivity index (χ2v) is 9.47. The maximum Gasteiger partial charge on any atom is 0.258 e. The highest BCUT2D eigenvalue weighted by atomic mass is 79.9. The van der Waals surface area contributed by atoms with Crippen molar-refractivity contribution in [2.24, 2.45) is 0 Å². The average molecular weight is 491 g/mol. The molecular weight excluding hydrogens is 472 g/mol. The molecule has 0 spiro atoms. The summed E-state index contributed by atoms with van der Waals surface area (Å²) in [5.41, 5.74) is 4.60. The number of rotatable bonds is 6. The van der Waals surface area contributed by atoms with E-state index in [0.717, 1.165) is 16.8 Å². The molecule has 0 fully saturated rings. The number of nitrogens with zero attached hydrogens (tertiary/aromatic N) is 2. The Balaban J connectivity index is 1.56. The Kier molecular flexibility index (Phi) is 7.05. The van der Waals surface area contributed by atoms with Crippen LogP contribution in [0, 0.1) is 20.8 Å². The van der Waals surface area contributed by atoms with Crippen molar-refractivity contribution in [3.8, 4) is 0 Å². The molecule has 9 heteroatoms. The SMILES string of the molecule is Cc1cc(C)c(NC(=O)CSc2nnc(NC(=O)c3ccccc3Br)s2)c(C)c1. The first kappa shape index (κ1) is 21.5. The Morgan fingerprint density at radius 3 is 2.45 bits per heavy atom. The molecule has 0 bridgehead atoms. The smallest absolute Gasteiger partial charge is 0.258 e. The molecule has 0 saturated heterocycles. The standard InChI is InChI=1S/C20H19BrN4O2S2/c1-11-8-12(2)17(13(3)9-11)22-16(26)10-28-20-25-24-19(29-20)23-18(27)14-6-4-5-7-15(14)21/h4-9H,10H2,1-3H3,(H,22,26)(H,23,24,27). The van der Waals surface area contributed by atoms with Gasteiger partial charge in [0.1, 0.15) is 0 Å². The summed E-state index contributed by atoms with van der Waals surface area (Å²) in [5, 5.41) is 14.1. The van der Waals surface area contributed by atoms with Gasteiger partial charge in [0.15, 0.2) is 4.34 Å². The van der Waals surface area contributed by atoms with Crippen molar-refractivity contribution in [2.75, 3.05) is 16.4 Å². The van der Waals surface area contributed by atoms with Gasteiger partial charge in [-0.25, -0.2) is 0 Å². The van der Waals surface area contributed by atoms with E-state index in [1.165, 1.54) is 28.7 Å². The Morgan fingerprint density at radius 1 is 1.07 bits per heavy atom. The Hall–Kier alpha value is -2.23. The van der Waals surface area contributed by atoms with Gasteiger partial charge >= 0.3 is 0 Å². The molecule has 6 nitrogen and oxygen atoms in total. The number of nitrogens with one attached hydrogen (secondary N) is 2. The molecule has 0 aliphatic rings. The molecule has 0 saturated carbocycles. The number of hydrogen-bond acceptors (Lipinski definition) is 6. The molecule has 1 heterocycles. The summed E-state index contributed by atoms with van der Waals surface area (Å²) >= 11 is 5.87. The lowest BCUT2D eigenvalue weighted by Gasteiger charge is -2.12. The molecule has 3 rings (SSSR count). The fourth-order valence-corrected chi connectivity index (χ4v) is 4.82. The molecule has 0 aliphatic carbocycles. The highest BCUT2D eigenvalue weighted by Crippen LogP contribution is 2.27. The van der Waals surface area contributed by atoms with E-state index in [4.69, 9.17) is 0 Å². The number of thioether (sulfide) groups is 1. The largest absolute Gasteiger partial charge is 0.325 e. The number of carbonyl (C=O) groups is 2. The summed E-state index contributed by atoms with van der Waals surface area (Å²) in [5.74, 6) is -0.174. The minimum atomic E-state index is -0.270. The van der Waals surface area contributed by atoms with Crippen LogP contribution in [0.4, 0.5) is 10.8 Å². The van der Waals surface area contributed by atoms with Gasteiger partial charge in [-0.05, 0) is 60.0 Å². The van der Waals surface area contributed by atoms with E-state index >= 15 is 0 Å². The second-order valence-electron chi connectivity index (χ2n) is 6.42. The molecule has 3 aromatic rings. The summed E-state index contributed by atoms with van der Waals surface area (Å²) in [7, 11) is 0. The first-order valence-electron chi connectivity index (χ1n) is 8.73. The van der Waals surface area contributed by atoms with E-state index in [0.29, 0.717) is 19.5 Å². The third-order valence-electron chi connectivity index (χ3n) is 4.01. The predicted molar refractivity (Wildman–Crippen MR) is 122 cm³/mol. The van der Waals surface area contributed by atoms with Gasteiger partial charge in [-0.2, -0.15) is 0 Å². The average Bonchev–Trinajstić information content (AvgIpc) is 3.10. The van der Waals surface area contributed by atoms with Crippen molar-refractivity contribution in [2.45, 2.75) is 25.1 Å². The third-order valence-corrected chi connectivity index (χ3v) is 6.68. The van der Waals surface area contributed by atoms with Crippen molar-refractivity contribution in [1.82, 2.24) is 10.2 Å². The van der Waals surface area contributed by atoms with E-state index in [2.05, 4.69) is 36.8 Å². The number of halogens is 1. The van der Waals surface area contributed by atoms with Crippen molar-refractivity contribution in [3.05, 3.63) is 63.1 Å². The number of aryl methyl sites for hydroxylation is 3. The van der Waals surface area contributed by atoms with Crippen LogP contribution in [0.2, 0.25) is 0 Å². The fourth-order valence-electron chi connectivity index (χ4n) is 2.81. The van der Waals surface area contributed by atoms with Crippen LogP contribution in [0.15, 0.2) is 45.2 Å². The molecule has 0 aliphatic heterocycles. The van der Waals surface area contributed by atoms with Gasteiger partial charge in [-0.3, -0.25) is 14.9 Å². The maximum absolute atomic E-state index is 12.3. The van der Waals surface area contributed by atoms with Crippen LogP contribution in [-0.2, 0) is 4.79 Å². The topological polar surface area (TPSA) is 84.0 Å². The number of aromatic nitrogens is 2. The van der Waals surface area contributed by atoms with Crippen molar-refractivity contribution in [3.63, 3.8) is 0 Å². The van der Waals surface area contributed by atoms with E-state index in [1.807, 2.05) is 39.0 Å². The monoisotopic (exact) mass is 490 g/mol. The lowest BCUT2D eigenvalue weighted by molar-refractivity contribution is -0.113. The van der Waals surface area contributed by atoms with Crippen LogP contribution >= 0.6 is 39.0 Å². The van der Waals surface area contributed by atoms with Crippen LogP contribution in [0.1, 0.15) is 27.0 Å². The summed E-state index contributed by atoms with van der Waals surface area (Å²) in [6.07, 6.45) is 0. The van der Waals surface area contributed by atoms with Gasteiger partial charge in [-0.15, -0.1) is 10.2 Å². The fraction of sp³-hybridized carbons (Fsp3) is 0.200. The summed E-state index contributed by atoms with van der Waals surface area (Å²) < 4.78 is 1.31. The summed E-state index contributed by atoms with van der Waals surface area (Å²) in [6, 6.07) is 11.2. The van der Waals surface area contributed by atoms with Crippen LogP contribution in [0.5, 0.6) is 0 Å². The number of amides is 2. The van der Waals surface area contributed by atoms with Gasteiger partial charge in [0.05, 0.1) is 11.3 Å². The Bertz CT molecular complexity index is 1050. The van der Waals surface area contributed by atoms with Gasteiger partial charge < -0.3 is 5.32 Å². The van der Waals surface area contributed by atoms with E-state index in [1.54, 1.807) is 18.2 Å². The molecule has 2 N–H and O–H groups in total. The van der Waals surface area contributed by atoms with Crippen molar-refractivity contribution >= 4 is 61.7 Å². The molecular formula is C20H19BrN4O2S2. The first-order valence-corrected chi connectivity index (χ1v) is 11.3. The number of hydrogen-bond donors (Lipinski definition) is 2. The summed E-state index contributed by atoms with van der Waals surface area (Å²) in [4.78, 5) is 24.7. The predicted octanol–water partition coefficient (Wildman–Crippen LogP) is 5.21. The number of benzene rings is 2. The van der Waals surface area contributed by atoms with Crippen LogP contribution in [-0.4, -0.2) is 27.8 Å². The van der Waals surface area contributed by atoms with Gasteiger partial charge in [0, 0.05) is 10.2 Å². The Labute approximate surface area is 185 Å². The van der Waals surface area contributed by atoms with Gasteiger partial charge in [-0.1, -0.05) is 52.9 Å². The zero-order chi connectivity index (χ0) is 21.0. The molecule has 2 amide bonds. The van der Waals surface area contributed by atoms with E-state index in [-0.39, 0.29) is 17.6 Å². The number of carbonyl (C=O) groups excluding carboxylic acids is 2. The third kappa shape index (κ3) is 5.65. The van der Waals surface area contributed by atoms with Gasteiger partial charge in [0.2, 0.25) is 11.0 Å². The second kappa shape index (κ2) is 9.51. The van der Waals surface area contributed by atoms with Crippen molar-refractivity contribution in [1.29, 1.82) is 0 Å². The zero-order valence-electron chi connectivity index (χ0n) is 16.1. The normalized spacial score (nSPS) is 10.6. The van der Waals surface area contributed by atoms with E-state index in [9.17, 15) is 9.59 Å². The quantitative estimate of drug-likeness (QED) is 0.366. The van der Waals surface area contributed by atoms with Crippen molar-refractivity contribution < 1.29 is 9.59 Å². The summed E-state index contributed by atoms with van der Waals surface area (Å²) in [6.45, 7) is 5.99. The molecule has 2 aromatic carbocycles. The molecule has 0 unspecified atom stereocenters. The molecule has 1 aromatic heterocycles. The molecule has 29 heavy (non-hydrogen) atoms. The van der Waals surface area contributed by atoms with Crippen LogP contribution in [0.25, 0.3) is 0 Å². The molecule has 0 radical (unpaired) electrons. The Morgan fingerprint density at radius 2 is 1.76 bits per heavy atom. The molecule has 150 valence electrons. The van der Waals surface area contributed by atoms with Crippen LogP contribution < -0.4 is 10.6 Å². The van der Waals surface area contributed by atoms with Gasteiger partial charge in [0.25, 0.3) is 5.91 Å². The minimum absolute atomic E-state index is 0.112. The first-order chi connectivity index (χ1) is 13.8. The number of anilines is 2. The lowest BCUT2D eigenvalue weighted by atomic mass is 10.1. The molecule has 0 atom stereocenters. The minimum Gasteiger partial charge on any atom is -0.325 e. The van der Waals surface area contributed by atoms with E-state index < -0.39 is 0 Å². The maximum atomic E-state index is 12.3. The lowest BCUT2D eigenvalue weighted by Crippen LogP contribution is -2.15. The van der Waals surface area contributed by atoms with Crippen LogP contribution in [0.3, 0.4) is 0 Å². The highest BCUT2D eigenvalue weighted by Gasteiger charge is 2.14.